The van der Waals surface area contributed by atoms with E-state index in [1.54, 1.807) is 7.11 Å². The van der Waals surface area contributed by atoms with Crippen molar-refractivity contribution < 1.29 is 14.9 Å². The largest absolute Gasteiger partial charge is 0.496 e. The summed E-state index contributed by atoms with van der Waals surface area (Å²) in [6.45, 7) is -0.206. The van der Waals surface area contributed by atoms with Crippen LogP contribution in [0, 0.1) is 0 Å². The van der Waals surface area contributed by atoms with Gasteiger partial charge in [0.1, 0.15) is 5.75 Å². The van der Waals surface area contributed by atoms with Gasteiger partial charge in [-0.3, -0.25) is 0 Å². The van der Waals surface area contributed by atoms with E-state index in [9.17, 15) is 5.11 Å². The Bertz CT molecular complexity index is 278. The number of para-hydroxylation sites is 1. The molecule has 14 heavy (non-hydrogen) atoms. The first kappa shape index (κ1) is 11.4. The average molecular weight is 214 g/mol. The molecule has 0 aromatic heterocycles. The maximum absolute atomic E-state index is 9.17. The van der Waals surface area contributed by atoms with Gasteiger partial charge in [0.2, 0.25) is 0 Å². The molecule has 1 aromatic rings. The summed E-state index contributed by atoms with van der Waals surface area (Å²) < 4.78 is 5.15. The zero-order chi connectivity index (χ0) is 10.4. The van der Waals surface area contributed by atoms with Crippen LogP contribution in [0.2, 0.25) is 0 Å². The summed E-state index contributed by atoms with van der Waals surface area (Å²) in [5.74, 6) is 1.26. The van der Waals surface area contributed by atoms with E-state index in [-0.39, 0.29) is 6.61 Å². The maximum atomic E-state index is 9.17. The van der Waals surface area contributed by atoms with Gasteiger partial charge in [0, 0.05) is 10.6 Å². The monoisotopic (exact) mass is 214 g/mol. The first-order valence-corrected chi connectivity index (χ1v) is 5.31. The fourth-order valence-corrected chi connectivity index (χ4v) is 1.92. The summed E-state index contributed by atoms with van der Waals surface area (Å²) in [7, 11) is 1.61. The van der Waals surface area contributed by atoms with Crippen molar-refractivity contribution in [1.82, 2.24) is 0 Å². The third kappa shape index (κ3) is 3.21. The molecule has 0 heterocycles. The second kappa shape index (κ2) is 5.90. The van der Waals surface area contributed by atoms with Crippen LogP contribution >= 0.6 is 11.8 Å². The highest BCUT2D eigenvalue weighted by molar-refractivity contribution is 7.99. The summed E-state index contributed by atoms with van der Waals surface area (Å²) in [4.78, 5) is 0.975. The van der Waals surface area contributed by atoms with Crippen LogP contribution in [0.1, 0.15) is 0 Å². The summed E-state index contributed by atoms with van der Waals surface area (Å²) in [6, 6.07) is 7.60. The minimum Gasteiger partial charge on any atom is -0.496 e. The van der Waals surface area contributed by atoms with E-state index in [2.05, 4.69) is 0 Å². The molecule has 2 N–H and O–H groups in total. The topological polar surface area (TPSA) is 49.7 Å². The van der Waals surface area contributed by atoms with E-state index in [0.717, 1.165) is 10.6 Å². The molecule has 0 aliphatic rings. The summed E-state index contributed by atoms with van der Waals surface area (Å²) in [5, 5.41) is 17.8. The lowest BCUT2D eigenvalue weighted by molar-refractivity contribution is 0.113. The van der Waals surface area contributed by atoms with Crippen molar-refractivity contribution in [1.29, 1.82) is 0 Å². The number of hydrogen-bond acceptors (Lipinski definition) is 4. The lowest BCUT2D eigenvalue weighted by Crippen LogP contribution is -2.14. The highest BCUT2D eigenvalue weighted by Gasteiger charge is 2.06. The SMILES string of the molecule is COc1ccccc1SC[C@@H](O)CO. The molecule has 0 saturated heterocycles. The van der Waals surface area contributed by atoms with Gasteiger partial charge in [0.25, 0.3) is 0 Å². The van der Waals surface area contributed by atoms with Crippen LogP contribution < -0.4 is 4.74 Å². The molecule has 0 bridgehead atoms. The third-order valence-corrected chi connectivity index (χ3v) is 2.91. The first-order chi connectivity index (χ1) is 6.77. The molecular weight excluding hydrogens is 200 g/mol. The Morgan fingerprint density at radius 1 is 1.43 bits per heavy atom. The molecular formula is C10H14O3S. The normalized spacial score (nSPS) is 12.5. The summed E-state index contributed by atoms with van der Waals surface area (Å²) in [6.07, 6.45) is -0.676. The highest BCUT2D eigenvalue weighted by Crippen LogP contribution is 2.28. The number of ether oxygens (including phenoxy) is 1. The van der Waals surface area contributed by atoms with Crippen LogP contribution in [0.15, 0.2) is 29.2 Å². The van der Waals surface area contributed by atoms with Crippen LogP contribution in [-0.2, 0) is 0 Å². The molecule has 78 valence electrons. The van der Waals surface area contributed by atoms with Crippen LogP contribution in [0.3, 0.4) is 0 Å². The molecule has 1 rings (SSSR count). The highest BCUT2D eigenvalue weighted by atomic mass is 32.2. The van der Waals surface area contributed by atoms with Crippen LogP contribution in [-0.4, -0.2) is 35.8 Å². The zero-order valence-corrected chi connectivity index (χ0v) is 8.83. The van der Waals surface area contributed by atoms with E-state index >= 15 is 0 Å². The molecule has 0 saturated carbocycles. The van der Waals surface area contributed by atoms with Crippen molar-refractivity contribution >= 4 is 11.8 Å². The number of rotatable bonds is 5. The quantitative estimate of drug-likeness (QED) is 0.722. The van der Waals surface area contributed by atoms with Crippen molar-refractivity contribution in [2.45, 2.75) is 11.0 Å². The van der Waals surface area contributed by atoms with E-state index in [4.69, 9.17) is 9.84 Å². The summed E-state index contributed by atoms with van der Waals surface area (Å²) in [5.41, 5.74) is 0. The van der Waals surface area contributed by atoms with Gasteiger partial charge in [-0.2, -0.15) is 0 Å². The third-order valence-electron chi connectivity index (χ3n) is 1.71. The van der Waals surface area contributed by atoms with E-state index < -0.39 is 6.10 Å². The molecule has 1 aromatic carbocycles. The first-order valence-electron chi connectivity index (χ1n) is 4.32. The predicted octanol–water partition coefficient (Wildman–Crippen LogP) is 1.14. The molecule has 3 nitrogen and oxygen atoms in total. The molecule has 0 spiro atoms. The lowest BCUT2D eigenvalue weighted by Gasteiger charge is -2.09. The second-order valence-electron chi connectivity index (χ2n) is 2.80. The zero-order valence-electron chi connectivity index (χ0n) is 8.01. The predicted molar refractivity (Wildman–Crippen MR) is 56.8 cm³/mol. The van der Waals surface area contributed by atoms with Crippen LogP contribution in [0.4, 0.5) is 0 Å². The molecule has 0 fully saturated rings. The van der Waals surface area contributed by atoms with E-state index in [1.165, 1.54) is 11.8 Å². The van der Waals surface area contributed by atoms with Crippen molar-refractivity contribution in [3.05, 3.63) is 24.3 Å². The van der Waals surface area contributed by atoms with Crippen LogP contribution in [0.5, 0.6) is 5.75 Å². The van der Waals surface area contributed by atoms with Crippen molar-refractivity contribution in [2.24, 2.45) is 0 Å². The van der Waals surface area contributed by atoms with Gasteiger partial charge in [-0.25, -0.2) is 0 Å². The Labute approximate surface area is 87.7 Å². The second-order valence-corrected chi connectivity index (χ2v) is 3.86. The Hall–Kier alpha value is -0.710. The number of aliphatic hydroxyl groups is 2. The smallest absolute Gasteiger partial charge is 0.132 e. The number of aliphatic hydroxyl groups excluding tert-OH is 2. The maximum Gasteiger partial charge on any atom is 0.132 e. The molecule has 0 aliphatic heterocycles. The Balaban J connectivity index is 2.57. The van der Waals surface area contributed by atoms with Crippen molar-refractivity contribution in [3.63, 3.8) is 0 Å². The fraction of sp³-hybridized carbons (Fsp3) is 0.400. The molecule has 4 heteroatoms. The average Bonchev–Trinajstić information content (AvgIpc) is 2.26. The van der Waals surface area contributed by atoms with Gasteiger partial charge in [-0.05, 0) is 12.1 Å². The minimum atomic E-state index is -0.676. The molecule has 0 unspecified atom stereocenters. The number of thioether (sulfide) groups is 1. The van der Waals surface area contributed by atoms with Gasteiger partial charge < -0.3 is 14.9 Å². The lowest BCUT2D eigenvalue weighted by atomic mass is 10.3. The van der Waals surface area contributed by atoms with E-state index in [1.807, 2.05) is 24.3 Å². The number of methoxy groups -OCH3 is 1. The molecule has 0 aliphatic carbocycles. The van der Waals surface area contributed by atoms with E-state index in [0.29, 0.717) is 5.75 Å². The Morgan fingerprint density at radius 2 is 2.14 bits per heavy atom. The van der Waals surface area contributed by atoms with Crippen LogP contribution in [0.25, 0.3) is 0 Å². The fourth-order valence-electron chi connectivity index (χ4n) is 0.977. The standard InChI is InChI=1S/C10H14O3S/c1-13-9-4-2-3-5-10(9)14-7-8(12)6-11/h2-5,8,11-12H,6-7H2,1H3/t8-/m0/s1. The van der Waals surface area contributed by atoms with Crippen molar-refractivity contribution in [2.75, 3.05) is 19.5 Å². The van der Waals surface area contributed by atoms with Gasteiger partial charge >= 0.3 is 0 Å². The molecule has 1 atom stereocenters. The Kier molecular flexibility index (Phi) is 4.79. The molecule has 0 radical (unpaired) electrons. The minimum absolute atomic E-state index is 0.206. The number of benzene rings is 1. The van der Waals surface area contributed by atoms with Gasteiger partial charge in [-0.1, -0.05) is 12.1 Å². The van der Waals surface area contributed by atoms with Crippen molar-refractivity contribution in [3.8, 4) is 5.75 Å². The van der Waals surface area contributed by atoms with Gasteiger partial charge in [-0.15, -0.1) is 11.8 Å². The summed E-state index contributed by atoms with van der Waals surface area (Å²) >= 11 is 1.47. The molecule has 0 amide bonds. The van der Waals surface area contributed by atoms with Gasteiger partial charge in [0.15, 0.2) is 0 Å². The number of hydrogen-bond donors (Lipinski definition) is 2. The Morgan fingerprint density at radius 3 is 2.79 bits per heavy atom. The van der Waals surface area contributed by atoms with Gasteiger partial charge in [0.05, 0.1) is 19.8 Å².